The molecule has 0 aromatic heterocycles. The molecule has 30 heavy (non-hydrogen) atoms. The quantitative estimate of drug-likeness (QED) is 0.670. The maximum Gasteiger partial charge on any atom is 0.263 e. The topological polar surface area (TPSA) is 66.9 Å². The zero-order valence-corrected chi connectivity index (χ0v) is 18.2. The molecule has 0 aliphatic carbocycles. The molecular formula is C22H27FN2O4S. The summed E-state index contributed by atoms with van der Waals surface area (Å²) in [5.41, 5.74) is 1.94. The van der Waals surface area contributed by atoms with E-state index in [2.05, 4.69) is 0 Å². The van der Waals surface area contributed by atoms with Crippen LogP contribution in [-0.4, -0.2) is 57.0 Å². The van der Waals surface area contributed by atoms with Gasteiger partial charge in [0.1, 0.15) is 11.6 Å². The van der Waals surface area contributed by atoms with Crippen LogP contribution in [0, 0.1) is 5.82 Å². The molecule has 0 N–H and O–H groups in total. The van der Waals surface area contributed by atoms with Gasteiger partial charge >= 0.3 is 0 Å². The molecule has 8 heteroatoms. The van der Waals surface area contributed by atoms with Gasteiger partial charge in [-0.25, -0.2) is 12.8 Å². The summed E-state index contributed by atoms with van der Waals surface area (Å²) in [6.45, 7) is 1.92. The number of nitrogens with zero attached hydrogens (tertiary/aromatic N) is 2. The predicted octanol–water partition coefficient (Wildman–Crippen LogP) is 2.87. The molecular weight excluding hydrogens is 407 g/mol. The van der Waals surface area contributed by atoms with Crippen LogP contribution in [0.4, 0.5) is 10.1 Å². The zero-order valence-electron chi connectivity index (χ0n) is 17.4. The van der Waals surface area contributed by atoms with Crippen LogP contribution < -0.4 is 9.64 Å². The van der Waals surface area contributed by atoms with Crippen molar-refractivity contribution in [2.24, 2.45) is 0 Å². The summed E-state index contributed by atoms with van der Waals surface area (Å²) < 4.78 is 42.9. The van der Waals surface area contributed by atoms with E-state index in [1.165, 1.54) is 24.3 Å². The third kappa shape index (κ3) is 5.50. The first-order valence-corrected chi connectivity index (χ1v) is 11.7. The first-order valence-electron chi connectivity index (χ1n) is 9.84. The van der Waals surface area contributed by atoms with E-state index < -0.39 is 22.0 Å². The third-order valence-electron chi connectivity index (χ3n) is 5.21. The molecule has 1 fully saturated rings. The first kappa shape index (κ1) is 22.1. The number of rotatable bonds is 7. The van der Waals surface area contributed by atoms with Gasteiger partial charge in [0.25, 0.3) is 5.91 Å². The van der Waals surface area contributed by atoms with Gasteiger partial charge in [-0.15, -0.1) is 0 Å². The molecule has 1 aliphatic rings. The highest BCUT2D eigenvalue weighted by Crippen LogP contribution is 2.23. The minimum Gasteiger partial charge on any atom is -0.481 e. The lowest BCUT2D eigenvalue weighted by Crippen LogP contribution is -2.46. The first-order chi connectivity index (χ1) is 14.1. The van der Waals surface area contributed by atoms with E-state index in [-0.39, 0.29) is 23.2 Å². The van der Waals surface area contributed by atoms with Crippen LogP contribution in [0.5, 0.6) is 5.75 Å². The van der Waals surface area contributed by atoms with Gasteiger partial charge in [-0.3, -0.25) is 4.79 Å². The number of sulfone groups is 1. The third-order valence-corrected chi connectivity index (χ3v) is 6.96. The zero-order chi connectivity index (χ0) is 21.9. The van der Waals surface area contributed by atoms with Gasteiger partial charge in [0.05, 0.1) is 11.5 Å². The summed E-state index contributed by atoms with van der Waals surface area (Å²) in [6.07, 6.45) is -0.424. The van der Waals surface area contributed by atoms with E-state index in [9.17, 15) is 17.6 Å². The molecule has 1 amide bonds. The van der Waals surface area contributed by atoms with Crippen molar-refractivity contribution in [3.63, 3.8) is 0 Å². The second-order valence-corrected chi connectivity index (χ2v) is 10.0. The Morgan fingerprint density at radius 3 is 2.30 bits per heavy atom. The van der Waals surface area contributed by atoms with Gasteiger partial charge in [0, 0.05) is 32.4 Å². The van der Waals surface area contributed by atoms with E-state index in [1.807, 2.05) is 43.3 Å². The van der Waals surface area contributed by atoms with Crippen molar-refractivity contribution in [2.45, 2.75) is 32.0 Å². The summed E-state index contributed by atoms with van der Waals surface area (Å²) in [7, 11) is 0.738. The second-order valence-electron chi connectivity index (χ2n) is 7.80. The monoisotopic (exact) mass is 434 g/mol. The molecule has 2 aromatic carbocycles. The molecule has 1 saturated heterocycles. The average Bonchev–Trinajstić information content (AvgIpc) is 3.07. The fraction of sp³-hybridized carbons (Fsp3) is 0.409. The Bertz CT molecular complexity index is 975. The molecule has 162 valence electrons. The largest absolute Gasteiger partial charge is 0.481 e. The molecule has 0 saturated carbocycles. The fourth-order valence-electron chi connectivity index (χ4n) is 3.51. The van der Waals surface area contributed by atoms with Crippen molar-refractivity contribution in [2.75, 3.05) is 30.5 Å². The van der Waals surface area contributed by atoms with Crippen molar-refractivity contribution in [1.82, 2.24) is 4.90 Å². The highest BCUT2D eigenvalue weighted by Gasteiger charge is 2.36. The van der Waals surface area contributed by atoms with Crippen LogP contribution in [-0.2, 0) is 21.2 Å². The van der Waals surface area contributed by atoms with Crippen molar-refractivity contribution in [3.05, 3.63) is 59.9 Å². The van der Waals surface area contributed by atoms with Crippen LogP contribution in [0.15, 0.2) is 48.5 Å². The smallest absolute Gasteiger partial charge is 0.263 e. The molecule has 2 atom stereocenters. The lowest BCUT2D eigenvalue weighted by atomic mass is 10.1. The number of anilines is 1. The number of ether oxygens (including phenoxy) is 1. The van der Waals surface area contributed by atoms with Gasteiger partial charge in [0.2, 0.25) is 0 Å². The average molecular weight is 435 g/mol. The molecule has 6 nitrogen and oxygen atoms in total. The molecule has 0 radical (unpaired) electrons. The van der Waals surface area contributed by atoms with Crippen molar-refractivity contribution in [3.8, 4) is 5.75 Å². The van der Waals surface area contributed by atoms with Crippen LogP contribution in [0.3, 0.4) is 0 Å². The number of amides is 1. The summed E-state index contributed by atoms with van der Waals surface area (Å²) >= 11 is 0. The number of carbonyl (C=O) groups excluding carboxylic acids is 1. The lowest BCUT2D eigenvalue weighted by Gasteiger charge is -2.31. The van der Waals surface area contributed by atoms with E-state index in [4.69, 9.17) is 4.74 Å². The maximum absolute atomic E-state index is 13.2. The van der Waals surface area contributed by atoms with Crippen LogP contribution >= 0.6 is 0 Å². The van der Waals surface area contributed by atoms with Crippen LogP contribution in [0.25, 0.3) is 0 Å². The van der Waals surface area contributed by atoms with Gasteiger partial charge in [-0.2, -0.15) is 0 Å². The summed E-state index contributed by atoms with van der Waals surface area (Å²) in [6, 6.07) is 12.8. The Morgan fingerprint density at radius 1 is 1.13 bits per heavy atom. The van der Waals surface area contributed by atoms with Crippen LogP contribution in [0.2, 0.25) is 0 Å². The number of hydrogen-bond acceptors (Lipinski definition) is 5. The Balaban J connectivity index is 1.79. The van der Waals surface area contributed by atoms with Crippen molar-refractivity contribution >= 4 is 21.4 Å². The highest BCUT2D eigenvalue weighted by molar-refractivity contribution is 7.91. The Kier molecular flexibility index (Phi) is 6.65. The molecule has 2 unspecified atom stereocenters. The van der Waals surface area contributed by atoms with Gasteiger partial charge in [-0.1, -0.05) is 12.1 Å². The minimum atomic E-state index is -3.16. The Labute approximate surface area is 177 Å². The van der Waals surface area contributed by atoms with E-state index in [0.29, 0.717) is 18.7 Å². The number of carbonyl (C=O) groups is 1. The number of benzene rings is 2. The molecule has 0 bridgehead atoms. The van der Waals surface area contributed by atoms with Crippen LogP contribution in [0.1, 0.15) is 18.9 Å². The predicted molar refractivity (Wildman–Crippen MR) is 115 cm³/mol. The SMILES string of the molecule is CC(Oc1ccc(F)cc1)C(=O)N(Cc1ccc(N(C)C)cc1)C1CCS(=O)(=O)C1. The Morgan fingerprint density at radius 2 is 1.77 bits per heavy atom. The summed E-state index contributed by atoms with van der Waals surface area (Å²) in [5, 5.41) is 0. The van der Waals surface area contributed by atoms with E-state index in [1.54, 1.807) is 11.8 Å². The lowest BCUT2D eigenvalue weighted by molar-refractivity contribution is -0.140. The molecule has 2 aromatic rings. The normalized spacial score (nSPS) is 18.6. The summed E-state index contributed by atoms with van der Waals surface area (Å²) in [5.74, 6) is -0.267. The number of halogens is 1. The van der Waals surface area contributed by atoms with Gasteiger partial charge in [0.15, 0.2) is 15.9 Å². The van der Waals surface area contributed by atoms with Crippen molar-refractivity contribution in [1.29, 1.82) is 0 Å². The van der Waals surface area contributed by atoms with Gasteiger partial charge < -0.3 is 14.5 Å². The fourth-order valence-corrected chi connectivity index (χ4v) is 5.24. The van der Waals surface area contributed by atoms with E-state index in [0.717, 1.165) is 11.3 Å². The summed E-state index contributed by atoms with van der Waals surface area (Å²) in [4.78, 5) is 16.8. The van der Waals surface area contributed by atoms with E-state index >= 15 is 0 Å². The number of hydrogen-bond donors (Lipinski definition) is 0. The molecule has 3 rings (SSSR count). The highest BCUT2D eigenvalue weighted by atomic mass is 32.2. The minimum absolute atomic E-state index is 0.0439. The molecule has 1 heterocycles. The standard InChI is InChI=1S/C22H27FN2O4S/c1-16(29-21-10-6-18(23)7-11-21)22(26)25(20-12-13-30(27,28)15-20)14-17-4-8-19(9-5-17)24(2)3/h4-11,16,20H,12-15H2,1-3H3. The Hall–Kier alpha value is -2.61. The second kappa shape index (κ2) is 9.04. The molecule has 1 aliphatic heterocycles. The molecule has 0 spiro atoms. The van der Waals surface area contributed by atoms with Gasteiger partial charge in [-0.05, 0) is 55.3 Å². The maximum atomic E-state index is 13.2. The van der Waals surface area contributed by atoms with Crippen molar-refractivity contribution < 1.29 is 22.3 Å².